The zero-order valence-corrected chi connectivity index (χ0v) is 7.76. The highest BCUT2D eigenvalue weighted by Gasteiger charge is 2.20. The maximum absolute atomic E-state index is 5.52. The van der Waals surface area contributed by atoms with Crippen molar-refractivity contribution in [3.05, 3.63) is 0 Å². The molecule has 1 aliphatic rings. The normalized spacial score (nSPS) is 34.2. The minimum absolute atomic E-state index is 0.0382. The molecular formula is C7H13BrO2. The van der Waals surface area contributed by atoms with E-state index in [-0.39, 0.29) is 6.29 Å². The van der Waals surface area contributed by atoms with Gasteiger partial charge in [-0.15, -0.1) is 0 Å². The Morgan fingerprint density at radius 1 is 1.60 bits per heavy atom. The largest absolute Gasteiger partial charge is 0.356 e. The molecule has 1 fully saturated rings. The summed E-state index contributed by atoms with van der Waals surface area (Å²) in [5.74, 6) is 0. The summed E-state index contributed by atoms with van der Waals surface area (Å²) in [5, 5.41) is 0.923. The van der Waals surface area contributed by atoms with E-state index in [4.69, 9.17) is 9.47 Å². The van der Waals surface area contributed by atoms with Gasteiger partial charge in [-0.25, -0.2) is 0 Å². The lowest BCUT2D eigenvalue weighted by molar-refractivity contribution is -0.173. The van der Waals surface area contributed by atoms with Gasteiger partial charge in [-0.3, -0.25) is 0 Å². The van der Waals surface area contributed by atoms with Crippen molar-refractivity contribution >= 4 is 15.9 Å². The number of hydrogen-bond acceptors (Lipinski definition) is 2. The molecule has 0 aliphatic carbocycles. The summed E-state index contributed by atoms with van der Waals surface area (Å²) in [6.07, 6.45) is 3.81. The van der Waals surface area contributed by atoms with Crippen molar-refractivity contribution in [2.45, 2.75) is 31.7 Å². The second-order valence-electron chi connectivity index (χ2n) is 2.51. The van der Waals surface area contributed by atoms with Crippen molar-refractivity contribution in [1.82, 2.24) is 0 Å². The summed E-state index contributed by atoms with van der Waals surface area (Å²) < 4.78 is 10.6. The van der Waals surface area contributed by atoms with E-state index in [9.17, 15) is 0 Å². The van der Waals surface area contributed by atoms with Crippen molar-refractivity contribution in [2.24, 2.45) is 0 Å². The Balaban J connectivity index is 2.25. The Hall–Kier alpha value is 0.400. The maximum Gasteiger partial charge on any atom is 0.157 e. The van der Waals surface area contributed by atoms with Gasteiger partial charge >= 0.3 is 0 Å². The third-order valence-electron chi connectivity index (χ3n) is 1.75. The lowest BCUT2D eigenvalue weighted by Gasteiger charge is -2.27. The second-order valence-corrected chi connectivity index (χ2v) is 3.16. The quantitative estimate of drug-likeness (QED) is 0.647. The molecule has 0 N–H and O–H groups in total. The third-order valence-corrected chi connectivity index (χ3v) is 2.47. The van der Waals surface area contributed by atoms with E-state index in [1.807, 2.05) is 0 Å². The van der Waals surface area contributed by atoms with Crippen LogP contribution in [-0.4, -0.2) is 24.8 Å². The third kappa shape index (κ3) is 2.22. The van der Waals surface area contributed by atoms with Crippen LogP contribution in [0.1, 0.15) is 19.3 Å². The Morgan fingerprint density at radius 3 is 3.00 bits per heavy atom. The fourth-order valence-corrected chi connectivity index (χ4v) is 1.63. The Morgan fingerprint density at radius 2 is 2.40 bits per heavy atom. The van der Waals surface area contributed by atoms with E-state index in [2.05, 4.69) is 15.9 Å². The molecule has 1 aliphatic heterocycles. The highest BCUT2D eigenvalue weighted by molar-refractivity contribution is 9.09. The molecule has 2 nitrogen and oxygen atoms in total. The molecule has 0 saturated carbocycles. The Bertz CT molecular complexity index is 87.6. The van der Waals surface area contributed by atoms with Crippen molar-refractivity contribution in [2.75, 3.05) is 12.4 Å². The number of ether oxygens (including phenoxy) is 2. The summed E-state index contributed by atoms with van der Waals surface area (Å²) in [7, 11) is 1.70. The SMILES string of the molecule is COC1CCCC(CBr)O1. The number of halogens is 1. The van der Waals surface area contributed by atoms with E-state index < -0.39 is 0 Å². The Kier molecular flexibility index (Phi) is 3.66. The van der Waals surface area contributed by atoms with E-state index in [1.54, 1.807) is 7.11 Å². The van der Waals surface area contributed by atoms with E-state index in [1.165, 1.54) is 6.42 Å². The summed E-state index contributed by atoms with van der Waals surface area (Å²) >= 11 is 3.39. The average molecular weight is 209 g/mol. The summed E-state index contributed by atoms with van der Waals surface area (Å²) in [4.78, 5) is 0. The van der Waals surface area contributed by atoms with Crippen LogP contribution in [0.5, 0.6) is 0 Å². The summed E-state index contributed by atoms with van der Waals surface area (Å²) in [6.45, 7) is 0. The van der Waals surface area contributed by atoms with Crippen LogP contribution in [-0.2, 0) is 9.47 Å². The van der Waals surface area contributed by atoms with Crippen LogP contribution < -0.4 is 0 Å². The van der Waals surface area contributed by atoms with Gasteiger partial charge in [0.2, 0.25) is 0 Å². The van der Waals surface area contributed by atoms with Gasteiger partial charge < -0.3 is 9.47 Å². The van der Waals surface area contributed by atoms with Crippen LogP contribution in [0.15, 0.2) is 0 Å². The predicted octanol–water partition coefficient (Wildman–Crippen LogP) is 1.92. The van der Waals surface area contributed by atoms with Crippen LogP contribution in [0.4, 0.5) is 0 Å². The number of hydrogen-bond donors (Lipinski definition) is 0. The van der Waals surface area contributed by atoms with Gasteiger partial charge in [-0.05, 0) is 19.3 Å². The van der Waals surface area contributed by atoms with Gasteiger partial charge in [0, 0.05) is 12.4 Å². The lowest BCUT2D eigenvalue weighted by Crippen LogP contribution is -2.29. The van der Waals surface area contributed by atoms with Crippen LogP contribution in [0.2, 0.25) is 0 Å². The van der Waals surface area contributed by atoms with Crippen molar-refractivity contribution in [3.8, 4) is 0 Å². The van der Waals surface area contributed by atoms with E-state index >= 15 is 0 Å². The first kappa shape index (κ1) is 8.50. The molecule has 1 rings (SSSR count). The standard InChI is InChI=1S/C7H13BrO2/c1-9-7-4-2-3-6(5-8)10-7/h6-7H,2-5H2,1H3. The molecule has 0 aromatic rings. The van der Waals surface area contributed by atoms with Crippen LogP contribution in [0.25, 0.3) is 0 Å². The molecule has 1 heterocycles. The molecule has 3 heteroatoms. The first-order valence-electron chi connectivity index (χ1n) is 3.61. The average Bonchev–Trinajstić information content (AvgIpc) is 2.05. The number of rotatable bonds is 2. The zero-order chi connectivity index (χ0) is 7.40. The molecule has 0 aromatic heterocycles. The lowest BCUT2D eigenvalue weighted by atomic mass is 10.1. The minimum atomic E-state index is 0.0382. The molecule has 2 unspecified atom stereocenters. The predicted molar refractivity (Wildman–Crippen MR) is 43.3 cm³/mol. The first-order chi connectivity index (χ1) is 4.86. The second kappa shape index (κ2) is 4.31. The molecule has 2 atom stereocenters. The molecule has 0 bridgehead atoms. The smallest absolute Gasteiger partial charge is 0.157 e. The topological polar surface area (TPSA) is 18.5 Å². The van der Waals surface area contributed by atoms with Crippen LogP contribution in [0, 0.1) is 0 Å². The van der Waals surface area contributed by atoms with Gasteiger partial charge in [0.25, 0.3) is 0 Å². The number of methoxy groups -OCH3 is 1. The fourth-order valence-electron chi connectivity index (χ4n) is 1.15. The van der Waals surface area contributed by atoms with Gasteiger partial charge in [-0.2, -0.15) is 0 Å². The molecule has 0 amide bonds. The van der Waals surface area contributed by atoms with Crippen molar-refractivity contribution < 1.29 is 9.47 Å². The highest BCUT2D eigenvalue weighted by Crippen LogP contribution is 2.20. The minimum Gasteiger partial charge on any atom is -0.356 e. The molecular weight excluding hydrogens is 196 g/mol. The molecule has 1 saturated heterocycles. The molecule has 60 valence electrons. The summed E-state index contributed by atoms with van der Waals surface area (Å²) in [5.41, 5.74) is 0. The highest BCUT2D eigenvalue weighted by atomic mass is 79.9. The van der Waals surface area contributed by atoms with Gasteiger partial charge in [-0.1, -0.05) is 15.9 Å². The molecule has 10 heavy (non-hydrogen) atoms. The monoisotopic (exact) mass is 208 g/mol. The van der Waals surface area contributed by atoms with Crippen LogP contribution in [0.3, 0.4) is 0 Å². The Labute approximate surface area is 70.0 Å². The van der Waals surface area contributed by atoms with E-state index in [0.717, 1.165) is 18.2 Å². The van der Waals surface area contributed by atoms with Crippen molar-refractivity contribution in [1.29, 1.82) is 0 Å². The number of alkyl halides is 1. The zero-order valence-electron chi connectivity index (χ0n) is 6.18. The molecule has 0 spiro atoms. The van der Waals surface area contributed by atoms with Gasteiger partial charge in [0.1, 0.15) is 0 Å². The van der Waals surface area contributed by atoms with Crippen molar-refractivity contribution in [3.63, 3.8) is 0 Å². The molecule has 0 aromatic carbocycles. The van der Waals surface area contributed by atoms with Crippen LogP contribution >= 0.6 is 15.9 Å². The van der Waals surface area contributed by atoms with E-state index in [0.29, 0.717) is 6.10 Å². The summed E-state index contributed by atoms with van der Waals surface area (Å²) in [6, 6.07) is 0. The molecule has 0 radical (unpaired) electrons. The van der Waals surface area contributed by atoms with Gasteiger partial charge in [0.15, 0.2) is 6.29 Å². The van der Waals surface area contributed by atoms with Gasteiger partial charge in [0.05, 0.1) is 6.10 Å². The fraction of sp³-hybridized carbons (Fsp3) is 1.00. The maximum atomic E-state index is 5.52. The first-order valence-corrected chi connectivity index (χ1v) is 4.73.